The lowest BCUT2D eigenvalue weighted by Gasteiger charge is -2.30. The number of aliphatic hydroxyl groups is 1. The van der Waals surface area contributed by atoms with Gasteiger partial charge in [-0.1, -0.05) is 54.1 Å². The third-order valence-corrected chi connectivity index (χ3v) is 6.96. The summed E-state index contributed by atoms with van der Waals surface area (Å²) < 4.78 is 33.0. The normalized spacial score (nSPS) is 12.5. The molecule has 0 aliphatic carbocycles. The van der Waals surface area contributed by atoms with Gasteiger partial charge in [-0.05, 0) is 47.5 Å². The van der Waals surface area contributed by atoms with E-state index in [1.165, 1.54) is 23.5 Å². The molecule has 0 radical (unpaired) electrons. The number of rotatable bonds is 8. The number of halogens is 1. The molecule has 6 nitrogen and oxygen atoms in total. The van der Waals surface area contributed by atoms with Crippen LogP contribution in [0.5, 0.6) is 0 Å². The first-order chi connectivity index (χ1) is 14.9. The number of hydrogen-bond acceptors (Lipinski definition) is 5. The molecule has 0 spiro atoms. The van der Waals surface area contributed by atoms with Crippen molar-refractivity contribution in [2.75, 3.05) is 13.7 Å². The number of benzene rings is 3. The van der Waals surface area contributed by atoms with Crippen LogP contribution in [-0.2, 0) is 21.3 Å². The summed E-state index contributed by atoms with van der Waals surface area (Å²) in [6, 6.07) is 20.4. The predicted molar refractivity (Wildman–Crippen MR) is 118 cm³/mol. The molecule has 0 amide bonds. The van der Waals surface area contributed by atoms with Crippen molar-refractivity contribution in [3.63, 3.8) is 0 Å². The van der Waals surface area contributed by atoms with Crippen LogP contribution >= 0.6 is 11.6 Å². The van der Waals surface area contributed by atoms with Crippen molar-refractivity contribution in [3.8, 4) is 0 Å². The van der Waals surface area contributed by atoms with E-state index in [9.17, 15) is 18.3 Å². The van der Waals surface area contributed by atoms with E-state index in [1.54, 1.807) is 66.7 Å². The molecule has 3 rings (SSSR count). The molecule has 3 aromatic rings. The van der Waals surface area contributed by atoms with Crippen LogP contribution in [0.25, 0.3) is 0 Å². The summed E-state index contributed by atoms with van der Waals surface area (Å²) in [5, 5.41) is 10.7. The van der Waals surface area contributed by atoms with Crippen molar-refractivity contribution in [3.05, 3.63) is 101 Å². The Morgan fingerprint density at radius 1 is 1.00 bits per heavy atom. The van der Waals surface area contributed by atoms with Gasteiger partial charge in [0.1, 0.15) is 0 Å². The maximum absolute atomic E-state index is 13.5. The molecule has 0 aliphatic rings. The average Bonchev–Trinajstić information content (AvgIpc) is 2.80. The molecule has 1 atom stereocenters. The highest BCUT2D eigenvalue weighted by molar-refractivity contribution is 7.89. The predicted octanol–water partition coefficient (Wildman–Crippen LogP) is 4.05. The lowest BCUT2D eigenvalue weighted by Crippen LogP contribution is -2.36. The number of ether oxygens (including phenoxy) is 1. The highest BCUT2D eigenvalue weighted by atomic mass is 35.5. The van der Waals surface area contributed by atoms with E-state index in [1.807, 2.05) is 0 Å². The molecule has 3 aromatic carbocycles. The summed E-state index contributed by atoms with van der Waals surface area (Å²) >= 11 is 5.97. The fourth-order valence-electron chi connectivity index (χ4n) is 3.18. The molecule has 162 valence electrons. The smallest absolute Gasteiger partial charge is 0.337 e. The largest absolute Gasteiger partial charge is 0.465 e. The molecule has 0 aromatic heterocycles. The minimum absolute atomic E-state index is 0.00741. The van der Waals surface area contributed by atoms with Gasteiger partial charge in [0, 0.05) is 11.6 Å². The molecule has 0 bridgehead atoms. The number of aliphatic hydroxyl groups excluding tert-OH is 1. The van der Waals surface area contributed by atoms with Crippen LogP contribution in [0.15, 0.2) is 83.8 Å². The standard InChI is InChI=1S/C23H22ClNO5S/c1-30-23(27)19-9-7-17(8-10-19)15-25(31(28,29)21-5-3-2-4-6-21)22(16-26)18-11-13-20(24)14-12-18/h2-14,22,26H,15-16H2,1H3/t22-/m0/s1. The van der Waals surface area contributed by atoms with Crippen molar-refractivity contribution in [1.29, 1.82) is 0 Å². The maximum Gasteiger partial charge on any atom is 0.337 e. The van der Waals surface area contributed by atoms with Crippen LogP contribution in [0.3, 0.4) is 0 Å². The summed E-state index contributed by atoms with van der Waals surface area (Å²) in [4.78, 5) is 11.8. The molecule has 1 N–H and O–H groups in total. The molecule has 0 fully saturated rings. The zero-order valence-electron chi connectivity index (χ0n) is 16.8. The molecular weight excluding hydrogens is 438 g/mol. The lowest BCUT2D eigenvalue weighted by molar-refractivity contribution is 0.0600. The van der Waals surface area contributed by atoms with Crippen LogP contribution in [0.2, 0.25) is 5.02 Å². The second kappa shape index (κ2) is 10.1. The molecule has 0 saturated carbocycles. The molecule has 8 heteroatoms. The van der Waals surface area contributed by atoms with E-state index < -0.39 is 28.6 Å². The van der Waals surface area contributed by atoms with Crippen LogP contribution in [0.1, 0.15) is 27.5 Å². The van der Waals surface area contributed by atoms with E-state index >= 15 is 0 Å². The van der Waals surface area contributed by atoms with Gasteiger partial charge in [0.05, 0.1) is 30.2 Å². The lowest BCUT2D eigenvalue weighted by atomic mass is 10.1. The Morgan fingerprint density at radius 3 is 2.16 bits per heavy atom. The molecule has 0 heterocycles. The number of carbonyl (C=O) groups is 1. The second-order valence-corrected chi connectivity index (χ2v) is 9.13. The first kappa shape index (κ1) is 23.0. The van der Waals surface area contributed by atoms with Gasteiger partial charge in [0.25, 0.3) is 0 Å². The third kappa shape index (κ3) is 5.32. The number of hydrogen-bond donors (Lipinski definition) is 1. The van der Waals surface area contributed by atoms with E-state index in [4.69, 9.17) is 16.3 Å². The molecular formula is C23H22ClNO5S. The fourth-order valence-corrected chi connectivity index (χ4v) is 4.92. The van der Waals surface area contributed by atoms with E-state index in [-0.39, 0.29) is 11.4 Å². The van der Waals surface area contributed by atoms with E-state index in [0.29, 0.717) is 21.7 Å². The van der Waals surface area contributed by atoms with Gasteiger partial charge < -0.3 is 9.84 Å². The van der Waals surface area contributed by atoms with Gasteiger partial charge in [0.2, 0.25) is 10.0 Å². The van der Waals surface area contributed by atoms with Crippen LogP contribution in [0.4, 0.5) is 0 Å². The Balaban J connectivity index is 2.03. The van der Waals surface area contributed by atoms with Crippen molar-refractivity contribution < 1.29 is 23.1 Å². The quantitative estimate of drug-likeness (QED) is 0.514. The summed E-state index contributed by atoms with van der Waals surface area (Å²) in [5.41, 5.74) is 1.62. The van der Waals surface area contributed by atoms with Crippen LogP contribution in [-0.4, -0.2) is 37.5 Å². The van der Waals surface area contributed by atoms with Gasteiger partial charge in [-0.2, -0.15) is 4.31 Å². The van der Waals surface area contributed by atoms with Gasteiger partial charge in [-0.15, -0.1) is 0 Å². The van der Waals surface area contributed by atoms with Gasteiger partial charge in [-0.3, -0.25) is 0 Å². The Bertz CT molecular complexity index is 1120. The average molecular weight is 460 g/mol. The SMILES string of the molecule is COC(=O)c1ccc(CN([C@@H](CO)c2ccc(Cl)cc2)S(=O)(=O)c2ccccc2)cc1. The van der Waals surface area contributed by atoms with Gasteiger partial charge >= 0.3 is 5.97 Å². The molecule has 31 heavy (non-hydrogen) atoms. The number of sulfonamides is 1. The Kier molecular flexibility index (Phi) is 7.46. The number of methoxy groups -OCH3 is 1. The summed E-state index contributed by atoms with van der Waals surface area (Å²) in [5.74, 6) is -0.477. The molecule has 0 aliphatic heterocycles. The maximum atomic E-state index is 13.5. The first-order valence-electron chi connectivity index (χ1n) is 9.47. The van der Waals surface area contributed by atoms with Crippen molar-refractivity contribution in [2.24, 2.45) is 0 Å². The van der Waals surface area contributed by atoms with E-state index in [0.717, 1.165) is 0 Å². The zero-order chi connectivity index (χ0) is 22.4. The fraction of sp³-hybridized carbons (Fsp3) is 0.174. The Labute approximate surface area is 186 Å². The van der Waals surface area contributed by atoms with Gasteiger partial charge in [0.15, 0.2) is 0 Å². The molecule has 0 saturated heterocycles. The minimum Gasteiger partial charge on any atom is -0.465 e. The van der Waals surface area contributed by atoms with Crippen LogP contribution < -0.4 is 0 Å². The highest BCUT2D eigenvalue weighted by Gasteiger charge is 2.32. The topological polar surface area (TPSA) is 83.9 Å². The van der Waals surface area contributed by atoms with Crippen molar-refractivity contribution >= 4 is 27.6 Å². The number of esters is 1. The number of carbonyl (C=O) groups excluding carboxylic acids is 1. The van der Waals surface area contributed by atoms with Crippen molar-refractivity contribution in [1.82, 2.24) is 4.31 Å². The zero-order valence-corrected chi connectivity index (χ0v) is 18.4. The summed E-state index contributed by atoms with van der Waals surface area (Å²) in [6.07, 6.45) is 0. The minimum atomic E-state index is -3.95. The molecule has 0 unspecified atom stereocenters. The summed E-state index contributed by atoms with van der Waals surface area (Å²) in [6.45, 7) is -0.430. The highest BCUT2D eigenvalue weighted by Crippen LogP contribution is 2.30. The second-order valence-electron chi connectivity index (χ2n) is 6.80. The summed E-state index contributed by atoms with van der Waals surface area (Å²) in [7, 11) is -2.66. The third-order valence-electron chi connectivity index (χ3n) is 4.84. The van der Waals surface area contributed by atoms with E-state index in [2.05, 4.69) is 0 Å². The monoisotopic (exact) mass is 459 g/mol. The van der Waals surface area contributed by atoms with Crippen molar-refractivity contribution in [2.45, 2.75) is 17.5 Å². The Hall–Kier alpha value is -2.71. The van der Waals surface area contributed by atoms with Crippen LogP contribution in [0, 0.1) is 0 Å². The first-order valence-corrected chi connectivity index (χ1v) is 11.3. The number of nitrogens with zero attached hydrogens (tertiary/aromatic N) is 1. The Morgan fingerprint density at radius 2 is 1.61 bits per heavy atom. The van der Waals surface area contributed by atoms with Gasteiger partial charge in [-0.25, -0.2) is 13.2 Å².